The lowest BCUT2D eigenvalue weighted by atomic mass is 10.0. The first-order valence-corrected chi connectivity index (χ1v) is 43.1. The van der Waals surface area contributed by atoms with Crippen molar-refractivity contribution in [3.8, 4) is 0 Å². The number of rotatable bonds is 77. The summed E-state index contributed by atoms with van der Waals surface area (Å²) in [6.45, 7) is 7.28. The monoisotopic (exact) mass is 1410 g/mol. The number of aliphatic hydroxyl groups is 1. The maximum atomic E-state index is 13.1. The minimum Gasteiger partial charge on any atom is -0.462 e. The number of hydrogen-bond donors (Lipinski definition) is 3. The molecular formula is C77H150O17P2. The molecule has 0 fully saturated rings. The van der Waals surface area contributed by atoms with Gasteiger partial charge in [-0.05, 0) is 31.6 Å². The summed E-state index contributed by atoms with van der Waals surface area (Å²) < 4.78 is 68.4. The molecule has 0 aliphatic rings. The molecule has 17 nitrogen and oxygen atoms in total. The van der Waals surface area contributed by atoms with Gasteiger partial charge in [0.25, 0.3) is 0 Å². The highest BCUT2D eigenvalue weighted by Gasteiger charge is 2.30. The van der Waals surface area contributed by atoms with Crippen LogP contribution in [0.2, 0.25) is 0 Å². The molecule has 0 rings (SSSR count). The summed E-state index contributed by atoms with van der Waals surface area (Å²) >= 11 is 0. The Kier molecular flexibility index (Phi) is 68.7. The minimum absolute atomic E-state index is 0.107. The highest BCUT2D eigenvalue weighted by atomic mass is 31.2. The van der Waals surface area contributed by atoms with Gasteiger partial charge in [-0.15, -0.1) is 0 Å². The summed E-state index contributed by atoms with van der Waals surface area (Å²) in [7, 11) is -9.90. The zero-order chi connectivity index (χ0) is 70.5. The van der Waals surface area contributed by atoms with Crippen molar-refractivity contribution < 1.29 is 80.2 Å². The Morgan fingerprint density at radius 1 is 0.281 bits per heavy atom. The van der Waals surface area contributed by atoms with Crippen LogP contribution in [0.25, 0.3) is 0 Å². The fourth-order valence-corrected chi connectivity index (χ4v) is 13.5. The summed E-state index contributed by atoms with van der Waals surface area (Å²) in [6.07, 6.45) is 59.8. The molecule has 5 atom stereocenters. The first-order valence-electron chi connectivity index (χ1n) is 40.1. The van der Waals surface area contributed by atoms with Gasteiger partial charge in [0.05, 0.1) is 26.4 Å². The van der Waals surface area contributed by atoms with E-state index < -0.39 is 97.5 Å². The number of esters is 4. The van der Waals surface area contributed by atoms with Crippen molar-refractivity contribution in [2.24, 2.45) is 5.92 Å². The van der Waals surface area contributed by atoms with Gasteiger partial charge in [0.2, 0.25) is 0 Å². The van der Waals surface area contributed by atoms with Gasteiger partial charge in [-0.2, -0.15) is 0 Å². The van der Waals surface area contributed by atoms with Gasteiger partial charge in [-0.1, -0.05) is 356 Å². The molecule has 0 saturated carbocycles. The van der Waals surface area contributed by atoms with Gasteiger partial charge in [-0.3, -0.25) is 37.3 Å². The van der Waals surface area contributed by atoms with Crippen LogP contribution in [-0.2, 0) is 65.4 Å². The third kappa shape index (κ3) is 70.5. The third-order valence-electron chi connectivity index (χ3n) is 18.0. The number of unbranched alkanes of at least 4 members (excludes halogenated alkanes) is 49. The summed E-state index contributed by atoms with van der Waals surface area (Å²) in [5.74, 6) is -1.32. The van der Waals surface area contributed by atoms with Crippen molar-refractivity contribution in [3.05, 3.63) is 0 Å². The fourth-order valence-electron chi connectivity index (χ4n) is 11.9. The molecule has 570 valence electrons. The molecule has 19 heteroatoms. The number of aliphatic hydroxyl groups excluding tert-OH is 1. The van der Waals surface area contributed by atoms with Crippen molar-refractivity contribution in [1.29, 1.82) is 0 Å². The number of carbonyl (C=O) groups excluding carboxylic acids is 4. The highest BCUT2D eigenvalue weighted by molar-refractivity contribution is 7.47. The van der Waals surface area contributed by atoms with E-state index in [0.29, 0.717) is 25.7 Å². The molecule has 3 N–H and O–H groups in total. The quantitative estimate of drug-likeness (QED) is 0.0222. The van der Waals surface area contributed by atoms with E-state index in [-0.39, 0.29) is 25.7 Å². The van der Waals surface area contributed by atoms with Crippen molar-refractivity contribution >= 4 is 39.5 Å². The normalized spacial score (nSPS) is 13.9. The van der Waals surface area contributed by atoms with Gasteiger partial charge in [0.1, 0.15) is 19.3 Å². The SMILES string of the molecule is CCCCCCCCCCCCCCCCCCCCCCC(=O)O[C@H](COC(=O)CCCCCCCCCCCCCCCCC(C)C)COP(=O)(O)OC[C@@H](O)COP(=O)(O)OC[C@@H](COC(=O)CCCCCCCCC)OC(=O)CCCCCCCCCCCCCC. The number of carbonyl (C=O) groups is 4. The third-order valence-corrected chi connectivity index (χ3v) is 19.9. The molecular weight excluding hydrogens is 1260 g/mol. The fraction of sp³-hybridized carbons (Fsp3) is 0.948. The number of ether oxygens (including phenoxy) is 4. The lowest BCUT2D eigenvalue weighted by Gasteiger charge is -2.21. The second kappa shape index (κ2) is 70.1. The molecule has 0 aliphatic heterocycles. The Morgan fingerprint density at radius 3 is 0.708 bits per heavy atom. The topological polar surface area (TPSA) is 237 Å². The lowest BCUT2D eigenvalue weighted by Crippen LogP contribution is -2.30. The Bertz CT molecular complexity index is 1840. The van der Waals surface area contributed by atoms with E-state index in [2.05, 4.69) is 34.6 Å². The molecule has 0 saturated heterocycles. The summed E-state index contributed by atoms with van der Waals surface area (Å²) in [5, 5.41) is 10.6. The first kappa shape index (κ1) is 94.1. The van der Waals surface area contributed by atoms with Gasteiger partial charge >= 0.3 is 39.5 Å². The Balaban J connectivity index is 5.17. The lowest BCUT2D eigenvalue weighted by molar-refractivity contribution is -0.161. The Morgan fingerprint density at radius 2 is 0.479 bits per heavy atom. The van der Waals surface area contributed by atoms with Gasteiger partial charge < -0.3 is 33.8 Å². The zero-order valence-corrected chi connectivity index (χ0v) is 64.3. The van der Waals surface area contributed by atoms with E-state index in [9.17, 15) is 43.2 Å². The average Bonchev–Trinajstić information content (AvgIpc) is 1.47. The molecule has 0 bridgehead atoms. The van der Waals surface area contributed by atoms with Gasteiger partial charge in [0, 0.05) is 25.7 Å². The molecule has 0 aromatic heterocycles. The second-order valence-corrected chi connectivity index (χ2v) is 31.1. The average molecular weight is 1410 g/mol. The minimum atomic E-state index is -4.96. The van der Waals surface area contributed by atoms with Crippen LogP contribution in [0.4, 0.5) is 0 Å². The molecule has 0 amide bonds. The molecule has 0 radical (unpaired) electrons. The van der Waals surface area contributed by atoms with E-state index in [0.717, 1.165) is 109 Å². The second-order valence-electron chi connectivity index (χ2n) is 28.2. The molecule has 0 aromatic carbocycles. The summed E-state index contributed by atoms with van der Waals surface area (Å²) in [6, 6.07) is 0. The molecule has 0 spiro atoms. The van der Waals surface area contributed by atoms with Crippen LogP contribution < -0.4 is 0 Å². The Hall–Kier alpha value is -1.94. The zero-order valence-electron chi connectivity index (χ0n) is 62.5. The number of phosphoric acid groups is 2. The van der Waals surface area contributed by atoms with Crippen molar-refractivity contribution in [1.82, 2.24) is 0 Å². The number of hydrogen-bond acceptors (Lipinski definition) is 15. The van der Waals surface area contributed by atoms with Gasteiger partial charge in [0.15, 0.2) is 12.2 Å². The molecule has 96 heavy (non-hydrogen) atoms. The van der Waals surface area contributed by atoms with Crippen molar-refractivity contribution in [2.75, 3.05) is 39.6 Å². The van der Waals surface area contributed by atoms with Crippen LogP contribution >= 0.6 is 15.6 Å². The predicted octanol–water partition coefficient (Wildman–Crippen LogP) is 22.9. The summed E-state index contributed by atoms with van der Waals surface area (Å²) in [4.78, 5) is 72.7. The number of phosphoric ester groups is 2. The van der Waals surface area contributed by atoms with E-state index in [1.807, 2.05) is 0 Å². The molecule has 0 heterocycles. The van der Waals surface area contributed by atoms with Crippen molar-refractivity contribution in [3.63, 3.8) is 0 Å². The van der Waals surface area contributed by atoms with Crippen LogP contribution in [-0.4, -0.2) is 96.7 Å². The van der Waals surface area contributed by atoms with E-state index in [4.69, 9.17) is 37.0 Å². The smallest absolute Gasteiger partial charge is 0.462 e. The van der Waals surface area contributed by atoms with E-state index >= 15 is 0 Å². The first-order chi connectivity index (χ1) is 46.5. The Labute approximate surface area is 588 Å². The van der Waals surface area contributed by atoms with Crippen molar-refractivity contribution in [2.45, 2.75) is 425 Å². The van der Waals surface area contributed by atoms with Crippen LogP contribution in [0.15, 0.2) is 0 Å². The van der Waals surface area contributed by atoms with Gasteiger partial charge in [-0.25, -0.2) is 9.13 Å². The molecule has 2 unspecified atom stereocenters. The largest absolute Gasteiger partial charge is 0.472 e. The van der Waals surface area contributed by atoms with E-state index in [1.54, 1.807) is 0 Å². The standard InChI is InChI=1S/C77H150O17P2/c1-6-9-12-15-18-20-22-24-25-26-27-28-29-30-35-39-43-48-53-58-63-77(82)94-73(67-88-75(80)61-56-51-46-41-38-34-32-31-33-36-40-45-49-54-59-70(4)5)69-92-96(85,86)90-65-71(78)64-89-95(83,84)91-68-72(66-87-74(79)60-55-50-44-17-14-11-8-3)93-76(81)62-57-52-47-42-37-23-21-19-16-13-10-7-2/h70-73,78H,6-69H2,1-5H3,(H,83,84)(H,85,86)/t71-,72+,73+/m0/s1. The summed E-state index contributed by atoms with van der Waals surface area (Å²) in [5.41, 5.74) is 0. The maximum absolute atomic E-state index is 13.1. The predicted molar refractivity (Wildman–Crippen MR) is 391 cm³/mol. The van der Waals surface area contributed by atoms with E-state index in [1.165, 1.54) is 218 Å². The van der Waals surface area contributed by atoms with Crippen LogP contribution in [0, 0.1) is 5.92 Å². The highest BCUT2D eigenvalue weighted by Crippen LogP contribution is 2.45. The molecule has 0 aromatic rings. The molecule has 0 aliphatic carbocycles. The van der Waals surface area contributed by atoms with Crippen LogP contribution in [0.1, 0.15) is 407 Å². The van der Waals surface area contributed by atoms with Crippen LogP contribution in [0.5, 0.6) is 0 Å². The maximum Gasteiger partial charge on any atom is 0.472 e. The van der Waals surface area contributed by atoms with Crippen LogP contribution in [0.3, 0.4) is 0 Å².